The Morgan fingerprint density at radius 1 is 1.27 bits per heavy atom. The third kappa shape index (κ3) is 4.04. The van der Waals surface area contributed by atoms with E-state index in [-0.39, 0.29) is 18.8 Å². The van der Waals surface area contributed by atoms with E-state index in [2.05, 4.69) is 15.4 Å². The van der Waals surface area contributed by atoms with Gasteiger partial charge in [-0.05, 0) is 36.4 Å². The number of carbonyl (C=O) groups is 1. The SMILES string of the molecule is COC(=O)c1ccc(Nc2nc3c(N4C=CN(CC5CC5(F)F)C(O)=C4)cccn3n2)cc1. The molecule has 1 aromatic carbocycles. The number of fused-ring (bicyclic) bond motifs is 1. The van der Waals surface area contributed by atoms with Gasteiger partial charge in [-0.1, -0.05) is 0 Å². The molecule has 1 aliphatic heterocycles. The highest BCUT2D eigenvalue weighted by Gasteiger charge is 2.57. The Morgan fingerprint density at radius 2 is 2.03 bits per heavy atom. The second-order valence-electron chi connectivity index (χ2n) is 7.80. The van der Waals surface area contributed by atoms with Crippen molar-refractivity contribution in [3.05, 3.63) is 72.6 Å². The smallest absolute Gasteiger partial charge is 0.337 e. The zero-order chi connectivity index (χ0) is 23.2. The molecule has 2 aromatic heterocycles. The van der Waals surface area contributed by atoms with Gasteiger partial charge in [-0.25, -0.2) is 18.1 Å². The lowest BCUT2D eigenvalue weighted by Crippen LogP contribution is -2.27. The maximum Gasteiger partial charge on any atom is 0.337 e. The quantitative estimate of drug-likeness (QED) is 0.542. The van der Waals surface area contributed by atoms with Crippen LogP contribution < -0.4 is 10.2 Å². The minimum absolute atomic E-state index is 0.0532. The van der Waals surface area contributed by atoms with Gasteiger partial charge in [0.1, 0.15) is 0 Å². The summed E-state index contributed by atoms with van der Waals surface area (Å²) in [5.41, 5.74) is 2.26. The van der Waals surface area contributed by atoms with E-state index in [4.69, 9.17) is 4.74 Å². The molecule has 3 aromatic rings. The molecule has 1 saturated carbocycles. The molecule has 2 aliphatic rings. The highest BCUT2D eigenvalue weighted by Crippen LogP contribution is 2.49. The number of esters is 1. The Bertz CT molecular complexity index is 1270. The van der Waals surface area contributed by atoms with Gasteiger partial charge in [-0.2, -0.15) is 4.98 Å². The van der Waals surface area contributed by atoms with Crippen molar-refractivity contribution < 1.29 is 23.4 Å². The van der Waals surface area contributed by atoms with Crippen molar-refractivity contribution in [3.63, 3.8) is 0 Å². The van der Waals surface area contributed by atoms with Crippen molar-refractivity contribution in [2.24, 2.45) is 5.92 Å². The van der Waals surface area contributed by atoms with Crippen molar-refractivity contribution in [1.82, 2.24) is 19.5 Å². The molecule has 0 radical (unpaired) electrons. The third-order valence-electron chi connectivity index (χ3n) is 5.51. The predicted molar refractivity (Wildman–Crippen MR) is 116 cm³/mol. The molecule has 0 saturated heterocycles. The number of hydrogen-bond donors (Lipinski definition) is 2. The second-order valence-corrected chi connectivity index (χ2v) is 7.80. The summed E-state index contributed by atoms with van der Waals surface area (Å²) in [7, 11) is 1.32. The van der Waals surface area contributed by atoms with Crippen molar-refractivity contribution in [2.75, 3.05) is 23.9 Å². The number of benzene rings is 1. The molecule has 1 aliphatic carbocycles. The number of hydrogen-bond acceptors (Lipinski definition) is 8. The first-order valence-electron chi connectivity index (χ1n) is 10.2. The van der Waals surface area contributed by atoms with Crippen LogP contribution in [0.15, 0.2) is 67.1 Å². The lowest BCUT2D eigenvalue weighted by Gasteiger charge is -2.27. The summed E-state index contributed by atoms with van der Waals surface area (Å²) >= 11 is 0. The van der Waals surface area contributed by atoms with E-state index in [1.165, 1.54) is 18.2 Å². The zero-order valence-electron chi connectivity index (χ0n) is 17.5. The van der Waals surface area contributed by atoms with E-state index in [1.54, 1.807) is 64.4 Å². The molecule has 9 nitrogen and oxygen atoms in total. The number of methoxy groups -OCH3 is 1. The fraction of sp³-hybridized carbons (Fsp3) is 0.227. The van der Waals surface area contributed by atoms with Crippen LogP contribution in [0.5, 0.6) is 0 Å². The normalized spacial score (nSPS) is 18.9. The van der Waals surface area contributed by atoms with Crippen LogP contribution in [0.3, 0.4) is 0 Å². The minimum Gasteiger partial charge on any atom is -0.493 e. The van der Waals surface area contributed by atoms with Gasteiger partial charge in [0, 0.05) is 43.2 Å². The third-order valence-corrected chi connectivity index (χ3v) is 5.51. The molecule has 5 rings (SSSR count). The van der Waals surface area contributed by atoms with Gasteiger partial charge in [0.2, 0.25) is 11.8 Å². The van der Waals surface area contributed by atoms with E-state index >= 15 is 0 Å². The number of nitrogens with one attached hydrogen (secondary N) is 1. The molecule has 1 fully saturated rings. The van der Waals surface area contributed by atoms with E-state index in [1.807, 2.05) is 0 Å². The molecule has 11 heteroatoms. The molecule has 2 N–H and O–H groups in total. The highest BCUT2D eigenvalue weighted by atomic mass is 19.3. The summed E-state index contributed by atoms with van der Waals surface area (Å²) in [6, 6.07) is 10.3. The van der Waals surface area contributed by atoms with Gasteiger partial charge < -0.3 is 25.0 Å². The number of ether oxygens (including phenoxy) is 1. The van der Waals surface area contributed by atoms with E-state index in [0.717, 1.165) is 0 Å². The number of nitrogens with zero attached hydrogens (tertiary/aromatic N) is 5. The Morgan fingerprint density at radius 3 is 2.70 bits per heavy atom. The maximum atomic E-state index is 13.2. The van der Waals surface area contributed by atoms with Crippen molar-refractivity contribution in [3.8, 4) is 0 Å². The Balaban J connectivity index is 1.35. The van der Waals surface area contributed by atoms with Crippen molar-refractivity contribution in [1.29, 1.82) is 0 Å². The van der Waals surface area contributed by atoms with Crippen molar-refractivity contribution >= 4 is 28.9 Å². The minimum atomic E-state index is -2.65. The summed E-state index contributed by atoms with van der Waals surface area (Å²) in [4.78, 5) is 19.2. The molecular formula is C22H20F2N6O3. The summed E-state index contributed by atoms with van der Waals surface area (Å²) in [5.74, 6) is -3.63. The lowest BCUT2D eigenvalue weighted by atomic mass is 10.2. The monoisotopic (exact) mass is 454 g/mol. The number of halogens is 2. The zero-order valence-corrected chi connectivity index (χ0v) is 17.5. The van der Waals surface area contributed by atoms with Crippen LogP contribution >= 0.6 is 0 Å². The molecule has 3 heterocycles. The van der Waals surface area contributed by atoms with Crippen LogP contribution in [0.25, 0.3) is 5.65 Å². The molecule has 170 valence electrons. The highest BCUT2D eigenvalue weighted by molar-refractivity contribution is 5.89. The number of pyridine rings is 1. The topological polar surface area (TPSA) is 95.2 Å². The average molecular weight is 454 g/mol. The average Bonchev–Trinajstić information content (AvgIpc) is 3.20. The predicted octanol–water partition coefficient (Wildman–Crippen LogP) is 3.86. The largest absolute Gasteiger partial charge is 0.493 e. The van der Waals surface area contributed by atoms with Crippen LogP contribution in [0.2, 0.25) is 0 Å². The number of aromatic nitrogens is 3. The van der Waals surface area contributed by atoms with Crippen LogP contribution in [0.1, 0.15) is 16.8 Å². The van der Waals surface area contributed by atoms with Gasteiger partial charge in [-0.15, -0.1) is 5.10 Å². The maximum absolute atomic E-state index is 13.2. The van der Waals surface area contributed by atoms with Gasteiger partial charge in [0.05, 0.1) is 24.6 Å². The van der Waals surface area contributed by atoms with Crippen LogP contribution in [0, 0.1) is 5.92 Å². The van der Waals surface area contributed by atoms with Gasteiger partial charge in [0.25, 0.3) is 5.92 Å². The number of aliphatic hydroxyl groups is 1. The number of anilines is 3. The Labute approximate surface area is 187 Å². The number of alkyl halides is 2. The lowest BCUT2D eigenvalue weighted by molar-refractivity contribution is 0.0600. The molecule has 0 bridgehead atoms. The fourth-order valence-corrected chi connectivity index (χ4v) is 3.56. The van der Waals surface area contributed by atoms with Crippen LogP contribution in [-0.4, -0.2) is 50.2 Å². The molecule has 1 unspecified atom stereocenters. The first-order chi connectivity index (χ1) is 15.8. The molecule has 0 amide bonds. The number of rotatable bonds is 6. The fourth-order valence-electron chi connectivity index (χ4n) is 3.56. The Kier molecular flexibility index (Phi) is 4.88. The van der Waals surface area contributed by atoms with E-state index in [9.17, 15) is 18.7 Å². The first kappa shape index (κ1) is 20.7. The second kappa shape index (κ2) is 7.76. The van der Waals surface area contributed by atoms with Gasteiger partial charge in [0.15, 0.2) is 5.65 Å². The summed E-state index contributed by atoms with van der Waals surface area (Å²) in [5, 5.41) is 17.9. The van der Waals surface area contributed by atoms with Gasteiger partial charge in [-0.3, -0.25) is 0 Å². The molecule has 0 spiro atoms. The number of aliphatic hydroxyl groups excluding tert-OH is 1. The van der Waals surface area contributed by atoms with E-state index in [0.29, 0.717) is 28.5 Å². The van der Waals surface area contributed by atoms with Crippen LogP contribution in [-0.2, 0) is 4.74 Å². The van der Waals surface area contributed by atoms with Crippen LogP contribution in [0.4, 0.5) is 26.1 Å². The van der Waals surface area contributed by atoms with E-state index < -0.39 is 17.8 Å². The summed E-state index contributed by atoms with van der Waals surface area (Å²) < 4.78 is 32.7. The summed E-state index contributed by atoms with van der Waals surface area (Å²) in [6.45, 7) is 0.0532. The summed E-state index contributed by atoms with van der Waals surface area (Å²) in [6.07, 6.45) is 6.25. The number of carbonyl (C=O) groups excluding carboxylic acids is 1. The molecular weight excluding hydrogens is 434 g/mol. The molecule has 1 atom stereocenters. The first-order valence-corrected chi connectivity index (χ1v) is 10.2. The van der Waals surface area contributed by atoms with Crippen molar-refractivity contribution in [2.45, 2.75) is 12.3 Å². The Hall–Kier alpha value is -4.15. The molecule has 33 heavy (non-hydrogen) atoms. The standard InChI is InChI=1S/C22H20F2N6O3/c1-33-20(32)14-4-6-16(7-5-14)25-21-26-19-17(3-2-8-30(19)27-21)28-9-10-29(18(31)13-28)12-15-11-22(15,23)24/h2-10,13,15,31H,11-12H2,1H3,(H,25,27). The van der Waals surface area contributed by atoms with Gasteiger partial charge >= 0.3 is 5.97 Å².